The second-order valence-corrected chi connectivity index (χ2v) is 6.16. The van der Waals surface area contributed by atoms with E-state index in [9.17, 15) is 4.79 Å². The lowest BCUT2D eigenvalue weighted by Crippen LogP contribution is -2.51. The zero-order valence-corrected chi connectivity index (χ0v) is 11.2. The van der Waals surface area contributed by atoms with Crippen molar-refractivity contribution in [2.45, 2.75) is 24.8 Å². The summed E-state index contributed by atoms with van der Waals surface area (Å²) in [6.07, 6.45) is 11.9. The molecule has 2 unspecified atom stereocenters. The molecule has 2 atom stereocenters. The SMILES string of the molecule is O=C1C=C2CC3C=CC24C(=C3)CCc2ccccc2N14. The Kier molecular flexibility index (Phi) is 1.77. The number of amides is 1. The highest BCUT2D eigenvalue weighted by molar-refractivity contribution is 6.10. The second-order valence-electron chi connectivity index (χ2n) is 6.16. The van der Waals surface area contributed by atoms with Gasteiger partial charge in [0.1, 0.15) is 5.54 Å². The molecule has 2 bridgehead atoms. The van der Waals surface area contributed by atoms with Gasteiger partial charge in [0.2, 0.25) is 0 Å². The number of benzene rings is 1. The van der Waals surface area contributed by atoms with Crippen LogP contribution in [-0.4, -0.2) is 11.4 Å². The van der Waals surface area contributed by atoms with Crippen molar-refractivity contribution in [2.24, 2.45) is 5.92 Å². The van der Waals surface area contributed by atoms with Gasteiger partial charge in [-0.2, -0.15) is 0 Å². The molecule has 2 heteroatoms. The smallest absolute Gasteiger partial charge is 0.252 e. The first-order valence-electron chi connectivity index (χ1n) is 7.33. The predicted molar refractivity (Wildman–Crippen MR) is 78.4 cm³/mol. The highest BCUT2D eigenvalue weighted by Gasteiger charge is 2.54. The summed E-state index contributed by atoms with van der Waals surface area (Å²) < 4.78 is 0. The van der Waals surface area contributed by atoms with E-state index in [0.717, 1.165) is 24.9 Å². The Morgan fingerprint density at radius 2 is 2.05 bits per heavy atom. The maximum absolute atomic E-state index is 12.6. The van der Waals surface area contributed by atoms with E-state index in [4.69, 9.17) is 0 Å². The molecule has 0 N–H and O–H groups in total. The Bertz CT molecular complexity index is 740. The Labute approximate surface area is 118 Å². The molecular weight excluding hydrogens is 246 g/mol. The number of allylic oxidation sites excluding steroid dienone is 2. The Morgan fingerprint density at radius 1 is 1.15 bits per heavy atom. The molecule has 98 valence electrons. The summed E-state index contributed by atoms with van der Waals surface area (Å²) in [6.45, 7) is 0. The number of hydrogen-bond acceptors (Lipinski definition) is 1. The molecule has 3 aliphatic carbocycles. The fourth-order valence-corrected chi connectivity index (χ4v) is 4.37. The van der Waals surface area contributed by atoms with Crippen LogP contribution in [0.4, 0.5) is 5.69 Å². The first kappa shape index (κ1) is 10.7. The van der Waals surface area contributed by atoms with Crippen LogP contribution in [0.15, 0.2) is 59.7 Å². The number of fused-ring (bicyclic) bond motifs is 2. The highest BCUT2D eigenvalue weighted by Crippen LogP contribution is 2.54. The molecule has 20 heavy (non-hydrogen) atoms. The third kappa shape index (κ3) is 1.05. The van der Waals surface area contributed by atoms with Crippen molar-refractivity contribution in [1.82, 2.24) is 0 Å². The summed E-state index contributed by atoms with van der Waals surface area (Å²) in [4.78, 5) is 14.7. The molecular formula is C18H15NO. The molecule has 0 saturated carbocycles. The summed E-state index contributed by atoms with van der Waals surface area (Å²) in [5, 5.41) is 0. The summed E-state index contributed by atoms with van der Waals surface area (Å²) >= 11 is 0. The molecule has 0 fully saturated rings. The number of para-hydroxylation sites is 1. The van der Waals surface area contributed by atoms with Crippen molar-refractivity contribution < 1.29 is 4.79 Å². The van der Waals surface area contributed by atoms with Gasteiger partial charge in [-0.3, -0.25) is 9.69 Å². The van der Waals surface area contributed by atoms with Crippen molar-refractivity contribution in [3.8, 4) is 0 Å². The van der Waals surface area contributed by atoms with E-state index in [1.54, 1.807) is 0 Å². The molecule has 0 aromatic heterocycles. The molecule has 2 nitrogen and oxygen atoms in total. The number of hydrogen-bond donors (Lipinski definition) is 0. The summed E-state index contributed by atoms with van der Waals surface area (Å²) in [5.74, 6) is 0.638. The van der Waals surface area contributed by atoms with Crippen molar-refractivity contribution >= 4 is 11.6 Å². The molecule has 1 aromatic carbocycles. The number of rotatable bonds is 0. The van der Waals surface area contributed by atoms with E-state index in [2.05, 4.69) is 36.4 Å². The summed E-state index contributed by atoms with van der Waals surface area (Å²) in [7, 11) is 0. The Hall–Kier alpha value is -2.09. The van der Waals surface area contributed by atoms with Gasteiger partial charge in [-0.15, -0.1) is 0 Å². The van der Waals surface area contributed by atoms with Crippen LogP contribution in [0.5, 0.6) is 0 Å². The van der Waals surface area contributed by atoms with Crippen LogP contribution in [-0.2, 0) is 11.2 Å². The van der Waals surface area contributed by atoms with Crippen LogP contribution in [0.25, 0.3) is 0 Å². The first-order valence-corrected chi connectivity index (χ1v) is 7.33. The number of anilines is 1. The molecule has 5 aliphatic rings. The van der Waals surface area contributed by atoms with E-state index >= 15 is 0 Å². The normalized spacial score (nSPS) is 32.5. The van der Waals surface area contributed by atoms with Gasteiger partial charge in [-0.1, -0.05) is 36.4 Å². The molecule has 2 aliphatic heterocycles. The average molecular weight is 261 g/mol. The van der Waals surface area contributed by atoms with E-state index in [1.807, 2.05) is 17.0 Å². The number of nitrogens with zero attached hydrogens (tertiary/aromatic N) is 1. The fourth-order valence-electron chi connectivity index (χ4n) is 4.37. The minimum atomic E-state index is -0.265. The molecule has 6 rings (SSSR count). The predicted octanol–water partition coefficient (Wildman–Crippen LogP) is 3.16. The zero-order chi connectivity index (χ0) is 13.3. The molecule has 0 saturated heterocycles. The number of carbonyl (C=O) groups is 1. The summed E-state index contributed by atoms with van der Waals surface area (Å²) in [5.41, 5.74) is 4.83. The van der Waals surface area contributed by atoms with Crippen molar-refractivity contribution in [3.05, 3.63) is 65.3 Å². The molecule has 0 radical (unpaired) electrons. The van der Waals surface area contributed by atoms with Crippen molar-refractivity contribution in [1.29, 1.82) is 0 Å². The van der Waals surface area contributed by atoms with Gasteiger partial charge in [-0.05, 0) is 48.0 Å². The van der Waals surface area contributed by atoms with Gasteiger partial charge in [0.25, 0.3) is 5.91 Å². The van der Waals surface area contributed by atoms with Gasteiger partial charge in [0.05, 0.1) is 0 Å². The zero-order valence-electron chi connectivity index (χ0n) is 11.2. The van der Waals surface area contributed by atoms with Crippen LogP contribution in [0.3, 0.4) is 0 Å². The third-order valence-corrected chi connectivity index (χ3v) is 5.20. The second kappa shape index (κ2) is 3.32. The monoisotopic (exact) mass is 261 g/mol. The fraction of sp³-hybridized carbons (Fsp3) is 0.278. The van der Waals surface area contributed by atoms with Gasteiger partial charge in [0.15, 0.2) is 0 Å². The molecule has 2 heterocycles. The van der Waals surface area contributed by atoms with E-state index in [0.29, 0.717) is 5.92 Å². The number of carbonyl (C=O) groups excluding carboxylic acids is 1. The van der Waals surface area contributed by atoms with Crippen LogP contribution < -0.4 is 4.90 Å². The lowest BCUT2D eigenvalue weighted by molar-refractivity contribution is -0.114. The Morgan fingerprint density at radius 3 is 3.00 bits per heavy atom. The maximum atomic E-state index is 12.6. The molecule has 1 spiro atoms. The van der Waals surface area contributed by atoms with Crippen LogP contribution in [0.2, 0.25) is 0 Å². The summed E-state index contributed by atoms with van der Waals surface area (Å²) in [6, 6.07) is 8.36. The minimum absolute atomic E-state index is 0.146. The van der Waals surface area contributed by atoms with E-state index < -0.39 is 0 Å². The van der Waals surface area contributed by atoms with Crippen molar-refractivity contribution in [2.75, 3.05) is 4.90 Å². The van der Waals surface area contributed by atoms with Gasteiger partial charge >= 0.3 is 0 Å². The van der Waals surface area contributed by atoms with E-state index in [1.165, 1.54) is 16.7 Å². The lowest BCUT2D eigenvalue weighted by Gasteiger charge is -2.46. The largest absolute Gasteiger partial charge is 0.291 e. The highest BCUT2D eigenvalue weighted by atomic mass is 16.2. The van der Waals surface area contributed by atoms with Crippen LogP contribution >= 0.6 is 0 Å². The minimum Gasteiger partial charge on any atom is -0.291 e. The quantitative estimate of drug-likeness (QED) is 0.657. The average Bonchev–Trinajstić information content (AvgIpc) is 2.67. The topological polar surface area (TPSA) is 20.3 Å². The maximum Gasteiger partial charge on any atom is 0.252 e. The van der Waals surface area contributed by atoms with Gasteiger partial charge in [0, 0.05) is 11.8 Å². The molecule has 1 amide bonds. The lowest BCUT2D eigenvalue weighted by atomic mass is 9.67. The van der Waals surface area contributed by atoms with Gasteiger partial charge < -0.3 is 0 Å². The van der Waals surface area contributed by atoms with E-state index in [-0.39, 0.29) is 11.4 Å². The number of aryl methyl sites for hydroxylation is 1. The Balaban J connectivity index is 1.85. The van der Waals surface area contributed by atoms with Crippen molar-refractivity contribution in [3.63, 3.8) is 0 Å². The van der Waals surface area contributed by atoms with Gasteiger partial charge in [-0.25, -0.2) is 0 Å². The third-order valence-electron chi connectivity index (χ3n) is 5.20. The first-order chi connectivity index (χ1) is 9.79. The van der Waals surface area contributed by atoms with Crippen LogP contribution in [0.1, 0.15) is 18.4 Å². The molecule has 1 aromatic rings. The van der Waals surface area contributed by atoms with Crippen LogP contribution in [0, 0.1) is 5.92 Å². The standard InChI is InChI=1S/C18H15NO/c20-17-11-15-10-12-7-8-18(15)14(9-12)6-5-13-3-1-2-4-16(13)19(17)18/h1-4,7-9,11-12H,5-6,10H2.